The minimum atomic E-state index is -0.594. The Morgan fingerprint density at radius 1 is 1.16 bits per heavy atom. The lowest BCUT2D eigenvalue weighted by atomic mass is 10.1. The van der Waals surface area contributed by atoms with Crippen molar-refractivity contribution in [1.82, 2.24) is 20.2 Å². The van der Waals surface area contributed by atoms with Crippen LogP contribution in [0.3, 0.4) is 0 Å². The van der Waals surface area contributed by atoms with Crippen molar-refractivity contribution in [3.8, 4) is 11.3 Å². The molecule has 4 rings (SSSR count). The number of nitrogens with two attached hydrogens (primary N) is 1. The van der Waals surface area contributed by atoms with E-state index in [9.17, 15) is 9.59 Å². The standard InChI is InChI=1S/C27H30Cl2N6O3/c1-27(2,3)38-26(37)22-15-35(12-11-31-22)25(36)17-9-7-16(8-10-17)21-14-32-23(30)24(34-21)33-13-18-19(28)5-4-6-20(18)29/h4-10,14,22,31H,11-13,15H2,1-3H3,(H2,30,32)(H,33,34). The van der Waals surface area contributed by atoms with Gasteiger partial charge in [0.1, 0.15) is 11.6 Å². The number of hydrogen-bond donors (Lipinski definition) is 3. The van der Waals surface area contributed by atoms with Crippen LogP contribution in [0.2, 0.25) is 10.0 Å². The van der Waals surface area contributed by atoms with Crippen LogP contribution in [-0.2, 0) is 16.1 Å². The number of carbonyl (C=O) groups excluding carboxylic acids is 2. The van der Waals surface area contributed by atoms with E-state index >= 15 is 0 Å². The first-order chi connectivity index (χ1) is 18.0. The summed E-state index contributed by atoms with van der Waals surface area (Å²) in [5.74, 6) is 0.108. The topological polar surface area (TPSA) is 122 Å². The van der Waals surface area contributed by atoms with Gasteiger partial charge in [-0.1, -0.05) is 41.4 Å². The summed E-state index contributed by atoms with van der Waals surface area (Å²) in [7, 11) is 0. The zero-order valence-corrected chi connectivity index (χ0v) is 22.9. The number of rotatable bonds is 6. The normalized spacial score (nSPS) is 15.7. The summed E-state index contributed by atoms with van der Waals surface area (Å²) in [5.41, 5.74) is 8.02. The van der Waals surface area contributed by atoms with E-state index in [-0.39, 0.29) is 24.2 Å². The first kappa shape index (κ1) is 27.6. The smallest absolute Gasteiger partial charge is 0.325 e. The molecule has 1 fully saturated rings. The Hall–Kier alpha value is -3.40. The maximum atomic E-state index is 13.1. The van der Waals surface area contributed by atoms with Gasteiger partial charge >= 0.3 is 5.97 Å². The van der Waals surface area contributed by atoms with Crippen LogP contribution in [0, 0.1) is 0 Å². The van der Waals surface area contributed by atoms with E-state index in [0.717, 1.165) is 11.1 Å². The fourth-order valence-electron chi connectivity index (χ4n) is 3.97. The number of benzene rings is 2. The Labute approximate surface area is 231 Å². The van der Waals surface area contributed by atoms with Gasteiger partial charge in [-0.3, -0.25) is 9.59 Å². The fourth-order valence-corrected chi connectivity index (χ4v) is 4.50. The Kier molecular flexibility index (Phi) is 8.40. The van der Waals surface area contributed by atoms with Crippen molar-refractivity contribution in [2.24, 2.45) is 0 Å². The molecule has 0 radical (unpaired) electrons. The highest BCUT2D eigenvalue weighted by Gasteiger charge is 2.31. The molecule has 0 bridgehead atoms. The molecule has 0 spiro atoms. The van der Waals surface area contributed by atoms with Gasteiger partial charge in [0.15, 0.2) is 11.6 Å². The van der Waals surface area contributed by atoms with E-state index in [4.69, 9.17) is 33.7 Å². The van der Waals surface area contributed by atoms with Crippen molar-refractivity contribution in [3.63, 3.8) is 0 Å². The summed E-state index contributed by atoms with van der Waals surface area (Å²) in [6, 6.07) is 11.8. The summed E-state index contributed by atoms with van der Waals surface area (Å²) < 4.78 is 5.47. The average molecular weight is 557 g/mol. The van der Waals surface area contributed by atoms with E-state index in [2.05, 4.69) is 20.6 Å². The maximum Gasteiger partial charge on any atom is 0.325 e. The largest absolute Gasteiger partial charge is 0.459 e. The number of esters is 1. The monoisotopic (exact) mass is 556 g/mol. The quantitative estimate of drug-likeness (QED) is 0.382. The summed E-state index contributed by atoms with van der Waals surface area (Å²) >= 11 is 12.5. The van der Waals surface area contributed by atoms with Crippen molar-refractivity contribution in [2.45, 2.75) is 39.0 Å². The number of nitrogens with one attached hydrogen (secondary N) is 2. The molecule has 1 aliphatic rings. The van der Waals surface area contributed by atoms with Gasteiger partial charge in [-0.05, 0) is 45.0 Å². The van der Waals surface area contributed by atoms with Crippen LogP contribution in [0.15, 0.2) is 48.7 Å². The number of nitrogen functional groups attached to an aromatic ring is 1. The van der Waals surface area contributed by atoms with Crippen LogP contribution >= 0.6 is 23.2 Å². The van der Waals surface area contributed by atoms with Crippen LogP contribution in [0.4, 0.5) is 11.6 Å². The van der Waals surface area contributed by atoms with Crippen molar-refractivity contribution in [3.05, 3.63) is 69.8 Å². The van der Waals surface area contributed by atoms with Crippen molar-refractivity contribution in [1.29, 1.82) is 0 Å². The summed E-state index contributed by atoms with van der Waals surface area (Å²) in [6.07, 6.45) is 1.57. The van der Waals surface area contributed by atoms with Crippen LogP contribution in [0.25, 0.3) is 11.3 Å². The van der Waals surface area contributed by atoms with Gasteiger partial charge in [0.05, 0.1) is 11.9 Å². The molecule has 9 nitrogen and oxygen atoms in total. The highest BCUT2D eigenvalue weighted by molar-refractivity contribution is 6.36. The third kappa shape index (κ3) is 6.72. The molecule has 0 saturated carbocycles. The number of amides is 1. The molecule has 1 aliphatic heterocycles. The minimum absolute atomic E-state index is 0.158. The summed E-state index contributed by atoms with van der Waals surface area (Å²) in [5, 5.41) is 7.35. The lowest BCUT2D eigenvalue weighted by molar-refractivity contribution is -0.158. The third-order valence-corrected chi connectivity index (χ3v) is 6.58. The van der Waals surface area contributed by atoms with Gasteiger partial charge < -0.3 is 26.0 Å². The number of halogens is 2. The second kappa shape index (κ2) is 11.6. The van der Waals surface area contributed by atoms with Gasteiger partial charge in [0.25, 0.3) is 5.91 Å². The Morgan fingerprint density at radius 3 is 2.50 bits per heavy atom. The highest BCUT2D eigenvalue weighted by atomic mass is 35.5. The van der Waals surface area contributed by atoms with Crippen molar-refractivity contribution < 1.29 is 14.3 Å². The van der Waals surface area contributed by atoms with Crippen LogP contribution in [-0.4, -0.2) is 58.0 Å². The predicted octanol–water partition coefficient (Wildman–Crippen LogP) is 4.40. The molecule has 4 N–H and O–H groups in total. The molecule has 3 aromatic rings. The first-order valence-electron chi connectivity index (χ1n) is 12.2. The number of aromatic nitrogens is 2. The zero-order valence-electron chi connectivity index (χ0n) is 21.4. The van der Waals surface area contributed by atoms with Crippen LogP contribution in [0.5, 0.6) is 0 Å². The van der Waals surface area contributed by atoms with E-state index in [1.807, 2.05) is 20.8 Å². The van der Waals surface area contributed by atoms with Crippen molar-refractivity contribution >= 4 is 46.7 Å². The number of hydrogen-bond acceptors (Lipinski definition) is 8. The molecule has 2 aromatic carbocycles. The second-order valence-corrected chi connectivity index (χ2v) is 10.7. The van der Waals surface area contributed by atoms with Gasteiger partial charge in [-0.25, -0.2) is 9.97 Å². The van der Waals surface area contributed by atoms with Crippen LogP contribution < -0.4 is 16.4 Å². The minimum Gasteiger partial charge on any atom is -0.459 e. The van der Waals surface area contributed by atoms with Gasteiger partial charge in [0.2, 0.25) is 0 Å². The Bertz CT molecular complexity index is 1310. The number of anilines is 2. The zero-order chi connectivity index (χ0) is 27.4. The lowest BCUT2D eigenvalue weighted by Gasteiger charge is -2.34. The number of piperazine rings is 1. The second-order valence-electron chi connectivity index (χ2n) is 9.91. The van der Waals surface area contributed by atoms with E-state index < -0.39 is 11.6 Å². The molecular weight excluding hydrogens is 527 g/mol. The molecule has 11 heteroatoms. The van der Waals surface area contributed by atoms with Gasteiger partial charge in [-0.2, -0.15) is 0 Å². The molecule has 1 amide bonds. The van der Waals surface area contributed by atoms with E-state index in [0.29, 0.717) is 46.8 Å². The van der Waals surface area contributed by atoms with E-state index in [1.165, 1.54) is 0 Å². The summed E-state index contributed by atoms with van der Waals surface area (Å²) in [4.78, 5) is 36.1. The van der Waals surface area contributed by atoms with E-state index in [1.54, 1.807) is 53.6 Å². The predicted molar refractivity (Wildman–Crippen MR) is 149 cm³/mol. The first-order valence-corrected chi connectivity index (χ1v) is 12.9. The number of ether oxygens (including phenoxy) is 1. The maximum absolute atomic E-state index is 13.1. The molecule has 0 aliphatic carbocycles. The van der Waals surface area contributed by atoms with Gasteiger partial charge in [0, 0.05) is 52.9 Å². The highest BCUT2D eigenvalue weighted by Crippen LogP contribution is 2.27. The number of nitrogens with zero attached hydrogens (tertiary/aromatic N) is 3. The third-order valence-electron chi connectivity index (χ3n) is 5.88. The molecule has 1 atom stereocenters. The molecule has 38 heavy (non-hydrogen) atoms. The molecule has 2 heterocycles. The Morgan fingerprint density at radius 2 is 1.84 bits per heavy atom. The lowest BCUT2D eigenvalue weighted by Crippen LogP contribution is -2.56. The SMILES string of the molecule is CC(C)(C)OC(=O)C1CN(C(=O)c2ccc(-c3cnc(N)c(NCc4c(Cl)cccc4Cl)n3)cc2)CCN1. The molecule has 1 saturated heterocycles. The molecule has 1 aromatic heterocycles. The average Bonchev–Trinajstić information content (AvgIpc) is 2.88. The van der Waals surface area contributed by atoms with Crippen molar-refractivity contribution in [2.75, 3.05) is 30.7 Å². The number of carbonyl (C=O) groups is 2. The van der Waals surface area contributed by atoms with Crippen LogP contribution in [0.1, 0.15) is 36.7 Å². The Balaban J connectivity index is 1.44. The summed E-state index contributed by atoms with van der Waals surface area (Å²) in [6.45, 7) is 7.01. The molecule has 1 unspecified atom stereocenters. The molecular formula is C27H30Cl2N6O3. The fraction of sp³-hybridized carbons (Fsp3) is 0.333. The van der Waals surface area contributed by atoms with Gasteiger partial charge in [-0.15, -0.1) is 0 Å². The molecule has 200 valence electrons.